The van der Waals surface area contributed by atoms with Crippen LogP contribution in [0, 0.1) is 0 Å². The average Bonchev–Trinajstić information content (AvgIpc) is 2.20. The van der Waals surface area contributed by atoms with Crippen molar-refractivity contribution in [2.75, 3.05) is 6.61 Å². The quantitative estimate of drug-likeness (QED) is 0.806. The van der Waals surface area contributed by atoms with E-state index in [2.05, 4.69) is 0 Å². The van der Waals surface area contributed by atoms with Gasteiger partial charge in [0, 0.05) is 11.4 Å². The van der Waals surface area contributed by atoms with Gasteiger partial charge in [-0.2, -0.15) is 0 Å². The van der Waals surface area contributed by atoms with Crippen LogP contribution in [0.4, 0.5) is 0 Å². The molecule has 0 amide bonds. The molecular weight excluding hydrogens is 216 g/mol. The molecule has 0 atom stereocenters. The van der Waals surface area contributed by atoms with Crippen LogP contribution in [-0.2, 0) is 16.0 Å². The fourth-order valence-corrected chi connectivity index (χ4v) is 1.42. The van der Waals surface area contributed by atoms with Gasteiger partial charge in [0.15, 0.2) is 0 Å². The molecule has 0 spiro atoms. The van der Waals surface area contributed by atoms with E-state index in [-0.39, 0.29) is 18.1 Å². The van der Waals surface area contributed by atoms with Gasteiger partial charge in [-0.1, -0.05) is 11.6 Å². The number of hydrogen-bond donors (Lipinski definition) is 1. The average molecular weight is 229 g/mol. The van der Waals surface area contributed by atoms with E-state index in [0.29, 0.717) is 23.6 Å². The highest BCUT2D eigenvalue weighted by Crippen LogP contribution is 2.22. The van der Waals surface area contributed by atoms with Gasteiger partial charge in [-0.25, -0.2) is 0 Å². The van der Waals surface area contributed by atoms with E-state index in [1.165, 1.54) is 6.07 Å². The summed E-state index contributed by atoms with van der Waals surface area (Å²) < 4.78 is 4.78. The summed E-state index contributed by atoms with van der Waals surface area (Å²) in [6.45, 7) is 2.13. The van der Waals surface area contributed by atoms with E-state index in [4.69, 9.17) is 16.3 Å². The van der Waals surface area contributed by atoms with Gasteiger partial charge >= 0.3 is 5.97 Å². The van der Waals surface area contributed by atoms with Crippen LogP contribution in [0.1, 0.15) is 18.9 Å². The molecule has 0 aliphatic rings. The van der Waals surface area contributed by atoms with Gasteiger partial charge in [-0.3, -0.25) is 4.79 Å². The van der Waals surface area contributed by atoms with Crippen molar-refractivity contribution in [2.24, 2.45) is 0 Å². The molecule has 1 aromatic rings. The lowest BCUT2D eigenvalue weighted by Crippen LogP contribution is -2.05. The van der Waals surface area contributed by atoms with Gasteiger partial charge in [0.05, 0.1) is 6.61 Å². The Labute approximate surface area is 93.6 Å². The third-order valence-electron chi connectivity index (χ3n) is 1.95. The van der Waals surface area contributed by atoms with Crippen LogP contribution in [0.3, 0.4) is 0 Å². The Morgan fingerprint density at radius 1 is 1.53 bits per heavy atom. The molecule has 0 heterocycles. The molecule has 15 heavy (non-hydrogen) atoms. The molecule has 3 nitrogen and oxygen atoms in total. The SMILES string of the molecule is CCOC(=O)CCc1cc(Cl)ccc1O. The largest absolute Gasteiger partial charge is 0.508 e. The summed E-state index contributed by atoms with van der Waals surface area (Å²) in [6, 6.07) is 4.77. The zero-order valence-corrected chi connectivity index (χ0v) is 9.25. The third kappa shape index (κ3) is 3.80. The maximum absolute atomic E-state index is 11.1. The van der Waals surface area contributed by atoms with Crippen LogP contribution in [0.2, 0.25) is 5.02 Å². The lowest BCUT2D eigenvalue weighted by molar-refractivity contribution is -0.143. The highest BCUT2D eigenvalue weighted by atomic mass is 35.5. The molecule has 0 saturated heterocycles. The minimum atomic E-state index is -0.267. The molecule has 0 unspecified atom stereocenters. The van der Waals surface area contributed by atoms with Crippen molar-refractivity contribution in [2.45, 2.75) is 19.8 Å². The first-order valence-electron chi connectivity index (χ1n) is 4.76. The summed E-state index contributed by atoms with van der Waals surface area (Å²) >= 11 is 5.77. The van der Waals surface area contributed by atoms with Gasteiger partial charge in [-0.15, -0.1) is 0 Å². The molecule has 0 saturated carbocycles. The normalized spacial score (nSPS) is 10.0. The summed E-state index contributed by atoms with van der Waals surface area (Å²) in [5.41, 5.74) is 0.663. The van der Waals surface area contributed by atoms with E-state index in [1.54, 1.807) is 19.1 Å². The first kappa shape index (κ1) is 11.9. The Kier molecular flexibility index (Phi) is 4.43. The number of benzene rings is 1. The zero-order valence-electron chi connectivity index (χ0n) is 8.50. The number of esters is 1. The number of phenols is 1. The number of ether oxygens (including phenoxy) is 1. The Bertz CT molecular complexity index is 350. The maximum Gasteiger partial charge on any atom is 0.306 e. The lowest BCUT2D eigenvalue weighted by atomic mass is 10.1. The van der Waals surface area contributed by atoms with Crippen LogP contribution in [0.15, 0.2) is 18.2 Å². The number of phenolic OH excluding ortho intramolecular Hbond substituents is 1. The molecule has 0 aromatic heterocycles. The summed E-state index contributed by atoms with van der Waals surface area (Å²) in [5, 5.41) is 10.0. The third-order valence-corrected chi connectivity index (χ3v) is 2.18. The Balaban J connectivity index is 2.57. The minimum absolute atomic E-state index is 0.156. The van der Waals surface area contributed by atoms with Crippen LogP contribution in [0.5, 0.6) is 5.75 Å². The molecule has 1 rings (SSSR count). The molecule has 82 valence electrons. The van der Waals surface area contributed by atoms with Gasteiger partial charge in [0.1, 0.15) is 5.75 Å². The van der Waals surface area contributed by atoms with Crippen molar-refractivity contribution in [3.05, 3.63) is 28.8 Å². The van der Waals surface area contributed by atoms with Crippen LogP contribution in [-0.4, -0.2) is 17.7 Å². The number of aryl methyl sites for hydroxylation is 1. The summed E-state index contributed by atoms with van der Waals surface area (Å²) in [4.78, 5) is 11.1. The number of carbonyl (C=O) groups is 1. The number of aromatic hydroxyl groups is 1. The first-order chi connectivity index (χ1) is 7.13. The Hall–Kier alpha value is -1.22. The Morgan fingerprint density at radius 3 is 2.93 bits per heavy atom. The van der Waals surface area contributed by atoms with Gasteiger partial charge in [-0.05, 0) is 37.1 Å². The molecule has 0 aliphatic heterocycles. The van der Waals surface area contributed by atoms with E-state index >= 15 is 0 Å². The molecule has 0 radical (unpaired) electrons. The van der Waals surface area contributed by atoms with Crippen molar-refractivity contribution in [3.8, 4) is 5.75 Å². The molecule has 4 heteroatoms. The number of carbonyl (C=O) groups excluding carboxylic acids is 1. The second-order valence-electron chi connectivity index (χ2n) is 3.08. The molecule has 1 aromatic carbocycles. The maximum atomic E-state index is 11.1. The predicted octanol–water partition coefficient (Wildman–Crippen LogP) is 2.54. The molecule has 0 bridgehead atoms. The second-order valence-corrected chi connectivity index (χ2v) is 3.51. The highest BCUT2D eigenvalue weighted by molar-refractivity contribution is 6.30. The van der Waals surface area contributed by atoms with Gasteiger partial charge < -0.3 is 9.84 Å². The number of rotatable bonds is 4. The zero-order chi connectivity index (χ0) is 11.3. The van der Waals surface area contributed by atoms with Crippen LogP contribution >= 0.6 is 11.6 Å². The Morgan fingerprint density at radius 2 is 2.27 bits per heavy atom. The summed E-state index contributed by atoms with van der Waals surface area (Å²) in [5.74, 6) is -0.111. The standard InChI is InChI=1S/C11H13ClO3/c1-2-15-11(14)6-3-8-7-9(12)4-5-10(8)13/h4-5,7,13H,2-3,6H2,1H3. The van der Waals surface area contributed by atoms with Crippen molar-refractivity contribution in [3.63, 3.8) is 0 Å². The van der Waals surface area contributed by atoms with Crippen LogP contribution < -0.4 is 0 Å². The molecule has 0 fully saturated rings. The second kappa shape index (κ2) is 5.61. The number of hydrogen-bond acceptors (Lipinski definition) is 3. The first-order valence-corrected chi connectivity index (χ1v) is 5.14. The van der Waals surface area contributed by atoms with Crippen molar-refractivity contribution < 1.29 is 14.6 Å². The van der Waals surface area contributed by atoms with E-state index in [1.807, 2.05) is 0 Å². The van der Waals surface area contributed by atoms with Crippen molar-refractivity contribution >= 4 is 17.6 Å². The van der Waals surface area contributed by atoms with Crippen molar-refractivity contribution in [1.82, 2.24) is 0 Å². The summed E-state index contributed by atoms with van der Waals surface area (Å²) in [6.07, 6.45) is 0.687. The lowest BCUT2D eigenvalue weighted by Gasteiger charge is -2.04. The van der Waals surface area contributed by atoms with Gasteiger partial charge in [0.25, 0.3) is 0 Å². The minimum Gasteiger partial charge on any atom is -0.508 e. The summed E-state index contributed by atoms with van der Waals surface area (Å²) in [7, 11) is 0. The van der Waals surface area contributed by atoms with E-state index in [0.717, 1.165) is 0 Å². The van der Waals surface area contributed by atoms with E-state index < -0.39 is 0 Å². The smallest absolute Gasteiger partial charge is 0.306 e. The monoisotopic (exact) mass is 228 g/mol. The van der Waals surface area contributed by atoms with E-state index in [9.17, 15) is 9.90 Å². The fraction of sp³-hybridized carbons (Fsp3) is 0.364. The predicted molar refractivity (Wildman–Crippen MR) is 58.1 cm³/mol. The molecule has 0 aliphatic carbocycles. The fourth-order valence-electron chi connectivity index (χ4n) is 1.22. The molecule has 1 N–H and O–H groups in total. The van der Waals surface area contributed by atoms with Gasteiger partial charge in [0.2, 0.25) is 0 Å². The topological polar surface area (TPSA) is 46.5 Å². The highest BCUT2D eigenvalue weighted by Gasteiger charge is 2.06. The van der Waals surface area contributed by atoms with Crippen LogP contribution in [0.25, 0.3) is 0 Å². The molecular formula is C11H13ClO3. The van der Waals surface area contributed by atoms with Crippen molar-refractivity contribution in [1.29, 1.82) is 0 Å². The number of halogens is 1.